The van der Waals surface area contributed by atoms with Crippen molar-refractivity contribution in [1.82, 2.24) is 9.78 Å². The molecule has 1 aromatic heterocycles. The van der Waals surface area contributed by atoms with Gasteiger partial charge in [-0.25, -0.2) is 4.68 Å². The molecule has 4 nitrogen and oxygen atoms in total. The van der Waals surface area contributed by atoms with Crippen LogP contribution in [0.2, 0.25) is 5.02 Å². The van der Waals surface area contributed by atoms with E-state index in [1.54, 1.807) is 6.20 Å². The number of nitrogens with zero attached hydrogens (tertiary/aromatic N) is 2. The van der Waals surface area contributed by atoms with Crippen LogP contribution in [0.15, 0.2) is 36.7 Å². The van der Waals surface area contributed by atoms with Crippen LogP contribution in [0.1, 0.15) is 13.3 Å². The summed E-state index contributed by atoms with van der Waals surface area (Å²) in [5, 5.41) is 8.50. The lowest BCUT2D eigenvalue weighted by Gasteiger charge is -2.20. The molecule has 19 heavy (non-hydrogen) atoms. The molecule has 1 fully saturated rings. The fourth-order valence-electron chi connectivity index (χ4n) is 2.36. The van der Waals surface area contributed by atoms with Crippen molar-refractivity contribution >= 4 is 17.3 Å². The van der Waals surface area contributed by atoms with Gasteiger partial charge < -0.3 is 10.1 Å². The highest BCUT2D eigenvalue weighted by molar-refractivity contribution is 6.31. The van der Waals surface area contributed by atoms with Crippen LogP contribution in [-0.2, 0) is 4.74 Å². The summed E-state index contributed by atoms with van der Waals surface area (Å²) in [6.45, 7) is 2.89. The molecule has 2 aromatic rings. The number of hydrogen-bond acceptors (Lipinski definition) is 3. The molecule has 1 aromatic carbocycles. The van der Waals surface area contributed by atoms with Crippen molar-refractivity contribution in [3.05, 3.63) is 41.7 Å². The Hall–Kier alpha value is -1.52. The Morgan fingerprint density at radius 3 is 3.05 bits per heavy atom. The number of nitrogens with one attached hydrogen (secondary N) is 1. The van der Waals surface area contributed by atoms with Crippen LogP contribution < -0.4 is 5.32 Å². The van der Waals surface area contributed by atoms with Crippen molar-refractivity contribution in [2.24, 2.45) is 0 Å². The molecule has 0 saturated carbocycles. The minimum atomic E-state index is 0.212. The Morgan fingerprint density at radius 2 is 2.37 bits per heavy atom. The Balaban J connectivity index is 1.92. The molecule has 0 spiro atoms. The summed E-state index contributed by atoms with van der Waals surface area (Å²) in [6, 6.07) is 7.99. The third-order valence-corrected chi connectivity index (χ3v) is 3.66. The van der Waals surface area contributed by atoms with Gasteiger partial charge in [0, 0.05) is 24.0 Å². The average Bonchev–Trinajstić information content (AvgIpc) is 3.03. The summed E-state index contributed by atoms with van der Waals surface area (Å²) in [6.07, 6.45) is 4.90. The Labute approximate surface area is 117 Å². The lowest BCUT2D eigenvalue weighted by Crippen LogP contribution is -2.27. The molecular weight excluding hydrogens is 262 g/mol. The zero-order valence-electron chi connectivity index (χ0n) is 10.7. The molecule has 0 amide bonds. The van der Waals surface area contributed by atoms with E-state index in [4.69, 9.17) is 16.3 Å². The number of aromatic nitrogens is 2. The van der Waals surface area contributed by atoms with Gasteiger partial charge in [0.2, 0.25) is 0 Å². The number of rotatable bonds is 3. The lowest BCUT2D eigenvalue weighted by atomic mass is 10.1. The van der Waals surface area contributed by atoms with E-state index in [1.807, 2.05) is 35.1 Å². The Morgan fingerprint density at radius 1 is 1.47 bits per heavy atom. The molecule has 0 radical (unpaired) electrons. The number of anilines is 1. The number of hydrogen-bond donors (Lipinski definition) is 1. The maximum Gasteiger partial charge on any atom is 0.0877 e. The first kappa shape index (κ1) is 12.5. The van der Waals surface area contributed by atoms with E-state index in [0.717, 1.165) is 24.4 Å². The first-order valence-electron chi connectivity index (χ1n) is 6.42. The van der Waals surface area contributed by atoms with Crippen LogP contribution in [-0.4, -0.2) is 28.5 Å². The van der Waals surface area contributed by atoms with Gasteiger partial charge in [0.25, 0.3) is 0 Å². The van der Waals surface area contributed by atoms with Gasteiger partial charge in [0.05, 0.1) is 23.5 Å². The Bertz CT molecular complexity index is 556. The predicted molar refractivity (Wildman–Crippen MR) is 76.0 cm³/mol. The summed E-state index contributed by atoms with van der Waals surface area (Å²) in [7, 11) is 0. The first-order chi connectivity index (χ1) is 9.24. The molecule has 1 N–H and O–H groups in total. The van der Waals surface area contributed by atoms with E-state index in [0.29, 0.717) is 11.1 Å². The van der Waals surface area contributed by atoms with Gasteiger partial charge in [-0.05, 0) is 37.6 Å². The van der Waals surface area contributed by atoms with Crippen molar-refractivity contribution in [2.75, 3.05) is 11.9 Å². The third-order valence-electron chi connectivity index (χ3n) is 3.43. The number of halogens is 1. The van der Waals surface area contributed by atoms with E-state index in [1.165, 1.54) is 0 Å². The van der Waals surface area contributed by atoms with Crippen molar-refractivity contribution in [2.45, 2.75) is 25.5 Å². The number of benzene rings is 1. The molecule has 2 unspecified atom stereocenters. The average molecular weight is 278 g/mol. The monoisotopic (exact) mass is 277 g/mol. The maximum atomic E-state index is 6.10. The van der Waals surface area contributed by atoms with Crippen molar-refractivity contribution in [1.29, 1.82) is 0 Å². The van der Waals surface area contributed by atoms with E-state index < -0.39 is 0 Å². The second-order valence-corrected chi connectivity index (χ2v) is 5.16. The third kappa shape index (κ3) is 2.60. The quantitative estimate of drug-likeness (QED) is 0.937. The molecule has 1 aliphatic rings. The van der Waals surface area contributed by atoms with Gasteiger partial charge in [-0.1, -0.05) is 11.6 Å². The smallest absolute Gasteiger partial charge is 0.0877 e. The summed E-state index contributed by atoms with van der Waals surface area (Å²) in [5.41, 5.74) is 1.98. The lowest BCUT2D eigenvalue weighted by molar-refractivity contribution is 0.121. The molecule has 5 heteroatoms. The van der Waals surface area contributed by atoms with E-state index in [9.17, 15) is 0 Å². The van der Waals surface area contributed by atoms with Gasteiger partial charge >= 0.3 is 0 Å². The van der Waals surface area contributed by atoms with Gasteiger partial charge in [-0.15, -0.1) is 0 Å². The standard InChI is InChI=1S/C14H16ClN3O/c1-10-12(5-8-19-10)17-13-9-11(15)3-4-14(13)18-7-2-6-16-18/h2-4,6-7,9-10,12,17H,5,8H2,1H3. The van der Waals surface area contributed by atoms with Crippen molar-refractivity contribution in [3.8, 4) is 5.69 Å². The van der Waals surface area contributed by atoms with Crippen molar-refractivity contribution in [3.63, 3.8) is 0 Å². The summed E-state index contributed by atoms with van der Waals surface area (Å²) in [4.78, 5) is 0. The zero-order valence-corrected chi connectivity index (χ0v) is 11.5. The molecule has 0 aliphatic carbocycles. The minimum Gasteiger partial charge on any atom is -0.378 e. The van der Waals surface area contributed by atoms with Crippen molar-refractivity contribution < 1.29 is 4.74 Å². The Kier molecular flexibility index (Phi) is 3.44. The SMILES string of the molecule is CC1OCCC1Nc1cc(Cl)ccc1-n1cccn1. The van der Waals surface area contributed by atoms with Crippen LogP contribution in [0, 0.1) is 0 Å². The maximum absolute atomic E-state index is 6.10. The topological polar surface area (TPSA) is 39.1 Å². The van der Waals surface area contributed by atoms with E-state index >= 15 is 0 Å². The molecular formula is C14H16ClN3O. The molecule has 2 atom stereocenters. The van der Waals surface area contributed by atoms with Crippen LogP contribution >= 0.6 is 11.6 Å². The van der Waals surface area contributed by atoms with Crippen LogP contribution in [0.25, 0.3) is 5.69 Å². The second kappa shape index (κ2) is 5.23. The summed E-state index contributed by atoms with van der Waals surface area (Å²) < 4.78 is 7.41. The fourth-order valence-corrected chi connectivity index (χ4v) is 2.53. The first-order valence-corrected chi connectivity index (χ1v) is 6.79. The van der Waals surface area contributed by atoms with Gasteiger partial charge in [0.15, 0.2) is 0 Å². The zero-order chi connectivity index (χ0) is 13.2. The van der Waals surface area contributed by atoms with Crippen LogP contribution in [0.3, 0.4) is 0 Å². The highest BCUT2D eigenvalue weighted by Gasteiger charge is 2.24. The second-order valence-electron chi connectivity index (χ2n) is 4.73. The van der Waals surface area contributed by atoms with Crippen LogP contribution in [0.5, 0.6) is 0 Å². The molecule has 3 rings (SSSR count). The van der Waals surface area contributed by atoms with Gasteiger partial charge in [-0.2, -0.15) is 5.10 Å². The van der Waals surface area contributed by atoms with E-state index in [-0.39, 0.29) is 6.10 Å². The largest absolute Gasteiger partial charge is 0.378 e. The van der Waals surface area contributed by atoms with Gasteiger partial charge in [-0.3, -0.25) is 0 Å². The summed E-state index contributed by atoms with van der Waals surface area (Å²) >= 11 is 6.10. The molecule has 100 valence electrons. The molecule has 1 aliphatic heterocycles. The van der Waals surface area contributed by atoms with Crippen LogP contribution in [0.4, 0.5) is 5.69 Å². The van der Waals surface area contributed by atoms with E-state index in [2.05, 4.69) is 17.3 Å². The normalized spacial score (nSPS) is 22.6. The highest BCUT2D eigenvalue weighted by Crippen LogP contribution is 2.27. The molecule has 0 bridgehead atoms. The minimum absolute atomic E-state index is 0.212. The summed E-state index contributed by atoms with van der Waals surface area (Å²) in [5.74, 6) is 0. The fraction of sp³-hybridized carbons (Fsp3) is 0.357. The molecule has 2 heterocycles. The number of ether oxygens (including phenoxy) is 1. The highest BCUT2D eigenvalue weighted by atomic mass is 35.5. The molecule has 1 saturated heterocycles. The predicted octanol–water partition coefficient (Wildman–Crippen LogP) is 3.12. The van der Waals surface area contributed by atoms with Gasteiger partial charge in [0.1, 0.15) is 0 Å².